The second kappa shape index (κ2) is 7.92. The molecule has 0 unspecified atom stereocenters. The van der Waals surface area contributed by atoms with E-state index in [1.165, 1.54) is 5.56 Å². The van der Waals surface area contributed by atoms with E-state index in [-0.39, 0.29) is 11.8 Å². The number of piperidine rings is 1. The summed E-state index contributed by atoms with van der Waals surface area (Å²) in [6, 6.07) is 16.2. The van der Waals surface area contributed by atoms with Crippen LogP contribution >= 0.6 is 0 Å². The van der Waals surface area contributed by atoms with E-state index in [4.69, 9.17) is 0 Å². The highest BCUT2D eigenvalue weighted by Gasteiger charge is 2.25. The minimum atomic E-state index is 0.0850. The summed E-state index contributed by atoms with van der Waals surface area (Å²) < 4.78 is 0. The number of amides is 1. The standard InChI is InChI=1S/C22H26N4O/c1-2-16-7-3-4-8-18(16)25-22(27)17-11-13-26(14-12-17)15-21-23-19-9-5-6-10-20(19)24-21/h3-10,17H,2,11-15H2,1H3,(H,23,24)(H,25,27). The molecule has 27 heavy (non-hydrogen) atoms. The summed E-state index contributed by atoms with van der Waals surface area (Å²) in [6.45, 7) is 4.76. The Morgan fingerprint density at radius 1 is 1.15 bits per heavy atom. The fourth-order valence-electron chi connectivity index (χ4n) is 3.83. The van der Waals surface area contributed by atoms with Crippen molar-refractivity contribution < 1.29 is 4.79 Å². The first kappa shape index (κ1) is 17.7. The number of rotatable bonds is 5. The summed E-state index contributed by atoms with van der Waals surface area (Å²) in [5.41, 5.74) is 4.23. The molecule has 5 heteroatoms. The number of hydrogen-bond acceptors (Lipinski definition) is 3. The number of fused-ring (bicyclic) bond motifs is 1. The molecule has 0 radical (unpaired) electrons. The predicted octanol–water partition coefficient (Wildman–Crippen LogP) is 3.98. The van der Waals surface area contributed by atoms with Crippen molar-refractivity contribution in [3.63, 3.8) is 0 Å². The number of anilines is 1. The van der Waals surface area contributed by atoms with Crippen molar-refractivity contribution in [1.29, 1.82) is 0 Å². The zero-order chi connectivity index (χ0) is 18.6. The van der Waals surface area contributed by atoms with Crippen LogP contribution in [0.2, 0.25) is 0 Å². The third kappa shape index (κ3) is 4.03. The molecule has 1 aliphatic heterocycles. The first-order valence-corrected chi connectivity index (χ1v) is 9.77. The quantitative estimate of drug-likeness (QED) is 0.722. The molecule has 0 atom stereocenters. The number of carbonyl (C=O) groups is 1. The van der Waals surface area contributed by atoms with Crippen LogP contribution in [0.15, 0.2) is 48.5 Å². The number of aryl methyl sites for hydroxylation is 1. The first-order valence-electron chi connectivity index (χ1n) is 9.77. The van der Waals surface area contributed by atoms with Crippen LogP contribution in [0.3, 0.4) is 0 Å². The average molecular weight is 362 g/mol. The van der Waals surface area contributed by atoms with Gasteiger partial charge in [0, 0.05) is 11.6 Å². The van der Waals surface area contributed by atoms with Gasteiger partial charge < -0.3 is 10.3 Å². The highest BCUT2D eigenvalue weighted by molar-refractivity contribution is 5.93. The van der Waals surface area contributed by atoms with Crippen LogP contribution in [-0.2, 0) is 17.8 Å². The van der Waals surface area contributed by atoms with E-state index in [1.54, 1.807) is 0 Å². The Morgan fingerprint density at radius 2 is 1.89 bits per heavy atom. The highest BCUT2D eigenvalue weighted by Crippen LogP contribution is 2.23. The number of hydrogen-bond donors (Lipinski definition) is 2. The molecule has 1 fully saturated rings. The number of benzene rings is 2. The molecule has 5 nitrogen and oxygen atoms in total. The Morgan fingerprint density at radius 3 is 2.67 bits per heavy atom. The van der Waals surface area contributed by atoms with Gasteiger partial charge in [-0.3, -0.25) is 9.69 Å². The number of carbonyl (C=O) groups excluding carboxylic acids is 1. The van der Waals surface area contributed by atoms with Crippen LogP contribution in [0.25, 0.3) is 11.0 Å². The number of nitrogens with zero attached hydrogens (tertiary/aromatic N) is 2. The fourth-order valence-corrected chi connectivity index (χ4v) is 3.83. The van der Waals surface area contributed by atoms with Gasteiger partial charge in [0.1, 0.15) is 5.82 Å². The minimum Gasteiger partial charge on any atom is -0.341 e. The smallest absolute Gasteiger partial charge is 0.227 e. The summed E-state index contributed by atoms with van der Waals surface area (Å²) in [5.74, 6) is 1.23. The minimum absolute atomic E-state index is 0.0850. The first-order chi connectivity index (χ1) is 13.2. The highest BCUT2D eigenvalue weighted by atomic mass is 16.1. The van der Waals surface area contributed by atoms with E-state index in [2.05, 4.69) is 39.2 Å². The van der Waals surface area contributed by atoms with Crippen molar-refractivity contribution in [2.45, 2.75) is 32.7 Å². The Bertz CT molecular complexity index is 892. The van der Waals surface area contributed by atoms with Crippen molar-refractivity contribution in [2.75, 3.05) is 18.4 Å². The summed E-state index contributed by atoms with van der Waals surface area (Å²) in [7, 11) is 0. The second-order valence-electron chi connectivity index (χ2n) is 7.25. The fraction of sp³-hybridized carbons (Fsp3) is 0.364. The van der Waals surface area contributed by atoms with Gasteiger partial charge in [-0.2, -0.15) is 0 Å². The maximum atomic E-state index is 12.7. The van der Waals surface area contributed by atoms with Gasteiger partial charge in [0.25, 0.3) is 0 Å². The molecule has 1 aliphatic rings. The van der Waals surface area contributed by atoms with E-state index in [1.807, 2.05) is 36.4 Å². The lowest BCUT2D eigenvalue weighted by Gasteiger charge is -2.30. The van der Waals surface area contributed by atoms with Crippen LogP contribution < -0.4 is 5.32 Å². The van der Waals surface area contributed by atoms with E-state index < -0.39 is 0 Å². The van der Waals surface area contributed by atoms with Crippen molar-refractivity contribution >= 4 is 22.6 Å². The van der Waals surface area contributed by atoms with E-state index in [0.717, 1.165) is 61.4 Å². The monoisotopic (exact) mass is 362 g/mol. The van der Waals surface area contributed by atoms with Gasteiger partial charge >= 0.3 is 0 Å². The van der Waals surface area contributed by atoms with E-state index in [9.17, 15) is 4.79 Å². The molecule has 2 N–H and O–H groups in total. The van der Waals surface area contributed by atoms with Gasteiger partial charge in [0.2, 0.25) is 5.91 Å². The number of aromatic amines is 1. The topological polar surface area (TPSA) is 61.0 Å². The molecular weight excluding hydrogens is 336 g/mol. The van der Waals surface area contributed by atoms with Gasteiger partial charge in [-0.1, -0.05) is 37.3 Å². The van der Waals surface area contributed by atoms with Crippen LogP contribution in [-0.4, -0.2) is 33.9 Å². The Labute approximate surface area is 159 Å². The van der Waals surface area contributed by atoms with Crippen LogP contribution in [0.1, 0.15) is 31.2 Å². The van der Waals surface area contributed by atoms with E-state index in [0.29, 0.717) is 0 Å². The molecule has 0 saturated carbocycles. The van der Waals surface area contributed by atoms with E-state index >= 15 is 0 Å². The van der Waals surface area contributed by atoms with Crippen molar-refractivity contribution in [3.05, 3.63) is 59.9 Å². The van der Waals surface area contributed by atoms with Gasteiger partial charge in [0.05, 0.1) is 17.6 Å². The normalized spacial score (nSPS) is 15.9. The van der Waals surface area contributed by atoms with Crippen molar-refractivity contribution in [2.24, 2.45) is 5.92 Å². The van der Waals surface area contributed by atoms with Gasteiger partial charge in [-0.25, -0.2) is 4.98 Å². The lowest BCUT2D eigenvalue weighted by Crippen LogP contribution is -2.38. The maximum Gasteiger partial charge on any atom is 0.227 e. The predicted molar refractivity (Wildman–Crippen MR) is 109 cm³/mol. The molecule has 3 aromatic rings. The molecule has 2 heterocycles. The molecule has 0 spiro atoms. The van der Waals surface area contributed by atoms with Gasteiger partial charge in [0.15, 0.2) is 0 Å². The van der Waals surface area contributed by atoms with Crippen molar-refractivity contribution in [1.82, 2.24) is 14.9 Å². The molecule has 0 bridgehead atoms. The van der Waals surface area contributed by atoms with Gasteiger partial charge in [-0.15, -0.1) is 0 Å². The molecule has 2 aromatic carbocycles. The lowest BCUT2D eigenvalue weighted by molar-refractivity contribution is -0.121. The van der Waals surface area contributed by atoms with Crippen molar-refractivity contribution in [3.8, 4) is 0 Å². The molecule has 1 saturated heterocycles. The zero-order valence-corrected chi connectivity index (χ0v) is 15.7. The molecule has 4 rings (SSSR count). The number of likely N-dealkylation sites (tertiary alicyclic amines) is 1. The number of aromatic nitrogens is 2. The molecule has 140 valence electrons. The Hall–Kier alpha value is -2.66. The van der Waals surface area contributed by atoms with Crippen LogP contribution in [0.4, 0.5) is 5.69 Å². The average Bonchev–Trinajstić information content (AvgIpc) is 3.11. The zero-order valence-electron chi connectivity index (χ0n) is 15.7. The summed E-state index contributed by atoms with van der Waals surface area (Å²) in [5, 5.41) is 3.14. The number of imidazole rings is 1. The number of nitrogens with one attached hydrogen (secondary N) is 2. The largest absolute Gasteiger partial charge is 0.341 e. The third-order valence-corrected chi connectivity index (χ3v) is 5.43. The van der Waals surface area contributed by atoms with Crippen LogP contribution in [0.5, 0.6) is 0 Å². The molecular formula is C22H26N4O. The SMILES string of the molecule is CCc1ccccc1NC(=O)C1CCN(Cc2nc3ccccc3[nH]2)CC1. The molecule has 1 amide bonds. The number of para-hydroxylation sites is 3. The molecule has 0 aliphatic carbocycles. The Kier molecular flexibility index (Phi) is 5.21. The molecule has 1 aromatic heterocycles. The van der Waals surface area contributed by atoms with Gasteiger partial charge in [-0.05, 0) is 56.1 Å². The summed E-state index contributed by atoms with van der Waals surface area (Å²) >= 11 is 0. The lowest BCUT2D eigenvalue weighted by atomic mass is 9.95. The third-order valence-electron chi connectivity index (χ3n) is 5.43. The second-order valence-corrected chi connectivity index (χ2v) is 7.25. The summed E-state index contributed by atoms with van der Waals surface area (Å²) in [4.78, 5) is 23.1. The van der Waals surface area contributed by atoms with Crippen LogP contribution in [0, 0.1) is 5.92 Å². The Balaban J connectivity index is 1.32. The number of H-pyrrole nitrogens is 1. The maximum absolute atomic E-state index is 12.7. The summed E-state index contributed by atoms with van der Waals surface area (Å²) in [6.07, 6.45) is 2.70.